The molecule has 4 saturated carbocycles. The Kier molecular flexibility index (Phi) is 6.31. The molecular formula is C25H41FO3. The van der Waals surface area contributed by atoms with Crippen LogP contribution in [0.5, 0.6) is 0 Å². The van der Waals surface area contributed by atoms with Gasteiger partial charge >= 0.3 is 5.97 Å². The van der Waals surface area contributed by atoms with Gasteiger partial charge < -0.3 is 9.84 Å². The van der Waals surface area contributed by atoms with E-state index in [1.54, 1.807) is 0 Å². The summed E-state index contributed by atoms with van der Waals surface area (Å²) in [5.41, 5.74) is 0.880. The van der Waals surface area contributed by atoms with E-state index in [9.17, 15) is 9.18 Å². The summed E-state index contributed by atoms with van der Waals surface area (Å²) in [5.74, 6) is 3.38. The molecule has 4 fully saturated rings. The van der Waals surface area contributed by atoms with Gasteiger partial charge in [-0.3, -0.25) is 4.79 Å². The number of fused-ring (bicyclic) bond motifs is 5. The zero-order valence-electron chi connectivity index (χ0n) is 18.5. The van der Waals surface area contributed by atoms with Gasteiger partial charge in [0.1, 0.15) is 6.67 Å². The molecule has 0 radical (unpaired) electrons. The molecule has 0 aromatic heterocycles. The monoisotopic (exact) mass is 408 g/mol. The number of hydrogen-bond donors (Lipinski definition) is 1. The fourth-order valence-electron chi connectivity index (χ4n) is 8.66. The van der Waals surface area contributed by atoms with Crippen molar-refractivity contribution in [1.29, 1.82) is 0 Å². The smallest absolute Gasteiger partial charge is 0.303 e. The van der Waals surface area contributed by atoms with Crippen LogP contribution in [0.2, 0.25) is 0 Å². The predicted molar refractivity (Wildman–Crippen MR) is 112 cm³/mol. The van der Waals surface area contributed by atoms with Crippen LogP contribution in [-0.2, 0) is 9.53 Å². The normalized spacial score (nSPS) is 46.6. The van der Waals surface area contributed by atoms with E-state index in [-0.39, 0.29) is 19.4 Å². The van der Waals surface area contributed by atoms with Crippen LogP contribution in [0.15, 0.2) is 0 Å². The van der Waals surface area contributed by atoms with Gasteiger partial charge in [0, 0.05) is 6.42 Å². The Balaban J connectivity index is 1.42. The maximum Gasteiger partial charge on any atom is 0.303 e. The summed E-state index contributed by atoms with van der Waals surface area (Å²) in [6, 6.07) is 0. The number of rotatable bonds is 7. The average molecular weight is 409 g/mol. The third-order valence-electron chi connectivity index (χ3n) is 10.2. The van der Waals surface area contributed by atoms with Gasteiger partial charge in [-0.25, -0.2) is 4.39 Å². The number of alkyl halides is 1. The van der Waals surface area contributed by atoms with Crippen molar-refractivity contribution >= 4 is 5.97 Å². The summed E-state index contributed by atoms with van der Waals surface area (Å²) >= 11 is 0. The molecule has 0 aliphatic heterocycles. The molecular weight excluding hydrogens is 367 g/mol. The number of halogens is 1. The molecule has 0 saturated heterocycles. The van der Waals surface area contributed by atoms with Crippen molar-refractivity contribution in [3.8, 4) is 0 Å². The van der Waals surface area contributed by atoms with Gasteiger partial charge in [0.25, 0.3) is 0 Å². The van der Waals surface area contributed by atoms with Crippen molar-refractivity contribution in [1.82, 2.24) is 0 Å². The van der Waals surface area contributed by atoms with Gasteiger partial charge in [-0.1, -0.05) is 13.8 Å². The van der Waals surface area contributed by atoms with Gasteiger partial charge in [0.05, 0.1) is 12.7 Å². The first kappa shape index (κ1) is 21.6. The summed E-state index contributed by atoms with van der Waals surface area (Å²) in [6.45, 7) is 5.02. The SMILES string of the molecule is CC12CCC3C(CCC4CC(OCCF)CCC43C)C1CCC2CCCC(=O)O. The van der Waals surface area contributed by atoms with Crippen LogP contribution in [0.1, 0.15) is 90.9 Å². The zero-order chi connectivity index (χ0) is 20.6. The van der Waals surface area contributed by atoms with Gasteiger partial charge in [-0.2, -0.15) is 0 Å². The number of carbonyl (C=O) groups is 1. The lowest BCUT2D eigenvalue weighted by atomic mass is 9.44. The van der Waals surface area contributed by atoms with Gasteiger partial charge in [0.15, 0.2) is 0 Å². The Bertz CT molecular complexity index is 595. The lowest BCUT2D eigenvalue weighted by molar-refractivity contribution is -0.138. The van der Waals surface area contributed by atoms with Crippen molar-refractivity contribution < 1.29 is 19.0 Å². The van der Waals surface area contributed by atoms with E-state index in [2.05, 4.69) is 13.8 Å². The zero-order valence-corrected chi connectivity index (χ0v) is 18.5. The lowest BCUT2D eigenvalue weighted by Gasteiger charge is -2.61. The molecule has 8 atom stereocenters. The summed E-state index contributed by atoms with van der Waals surface area (Å²) in [6.07, 6.45) is 14.1. The molecule has 29 heavy (non-hydrogen) atoms. The topological polar surface area (TPSA) is 46.5 Å². The summed E-state index contributed by atoms with van der Waals surface area (Å²) in [5, 5.41) is 9.02. The van der Waals surface area contributed by atoms with E-state index >= 15 is 0 Å². The van der Waals surface area contributed by atoms with E-state index < -0.39 is 5.97 Å². The largest absolute Gasteiger partial charge is 0.481 e. The van der Waals surface area contributed by atoms with E-state index in [1.807, 2.05) is 0 Å². The molecule has 0 heterocycles. The van der Waals surface area contributed by atoms with E-state index in [0.29, 0.717) is 17.3 Å². The Morgan fingerprint density at radius 3 is 2.55 bits per heavy atom. The molecule has 1 N–H and O–H groups in total. The highest BCUT2D eigenvalue weighted by molar-refractivity contribution is 5.66. The van der Waals surface area contributed by atoms with Crippen molar-refractivity contribution in [2.45, 2.75) is 97.0 Å². The second-order valence-corrected chi connectivity index (χ2v) is 11.2. The van der Waals surface area contributed by atoms with Crippen LogP contribution in [0.4, 0.5) is 4.39 Å². The Hall–Kier alpha value is -0.640. The van der Waals surface area contributed by atoms with Crippen molar-refractivity contribution in [3.05, 3.63) is 0 Å². The molecule has 0 aromatic carbocycles. The third-order valence-corrected chi connectivity index (χ3v) is 10.2. The molecule has 4 rings (SSSR count). The van der Waals surface area contributed by atoms with Gasteiger partial charge in [-0.15, -0.1) is 0 Å². The summed E-state index contributed by atoms with van der Waals surface area (Å²) in [4.78, 5) is 10.9. The Morgan fingerprint density at radius 1 is 1.03 bits per heavy atom. The van der Waals surface area contributed by atoms with Crippen LogP contribution in [-0.4, -0.2) is 30.5 Å². The van der Waals surface area contributed by atoms with Crippen LogP contribution in [0, 0.1) is 40.4 Å². The Labute approximate surface area is 176 Å². The number of carboxylic acids is 1. The molecule has 0 bridgehead atoms. The maximum atomic E-state index is 12.5. The molecule has 4 aliphatic rings. The number of ether oxygens (including phenoxy) is 1. The van der Waals surface area contributed by atoms with Gasteiger partial charge in [0.2, 0.25) is 0 Å². The van der Waals surface area contributed by atoms with Crippen molar-refractivity contribution in [3.63, 3.8) is 0 Å². The first-order chi connectivity index (χ1) is 13.9. The molecule has 3 nitrogen and oxygen atoms in total. The first-order valence-corrected chi connectivity index (χ1v) is 12.3. The minimum atomic E-state index is -0.647. The van der Waals surface area contributed by atoms with E-state index in [1.165, 1.54) is 44.9 Å². The first-order valence-electron chi connectivity index (χ1n) is 12.3. The molecule has 0 spiro atoms. The van der Waals surface area contributed by atoms with E-state index in [4.69, 9.17) is 9.84 Å². The van der Waals surface area contributed by atoms with Crippen molar-refractivity contribution in [2.75, 3.05) is 13.3 Å². The molecule has 166 valence electrons. The lowest BCUT2D eigenvalue weighted by Crippen LogP contribution is -2.54. The maximum absolute atomic E-state index is 12.5. The second kappa shape index (κ2) is 8.48. The fraction of sp³-hybridized carbons (Fsp3) is 0.960. The molecule has 8 unspecified atom stereocenters. The molecule has 4 aliphatic carbocycles. The predicted octanol–water partition coefficient (Wildman–Crippen LogP) is 6.25. The summed E-state index contributed by atoms with van der Waals surface area (Å²) < 4.78 is 18.3. The van der Waals surface area contributed by atoms with Crippen LogP contribution in [0.3, 0.4) is 0 Å². The third kappa shape index (κ3) is 3.88. The highest BCUT2D eigenvalue weighted by atomic mass is 19.1. The van der Waals surface area contributed by atoms with Crippen LogP contribution < -0.4 is 0 Å². The van der Waals surface area contributed by atoms with Gasteiger partial charge in [-0.05, 0) is 111 Å². The number of carboxylic acid groups (broad SMARTS) is 1. The van der Waals surface area contributed by atoms with E-state index in [0.717, 1.165) is 55.3 Å². The second-order valence-electron chi connectivity index (χ2n) is 11.2. The highest BCUT2D eigenvalue weighted by Crippen LogP contribution is 2.68. The Morgan fingerprint density at radius 2 is 1.79 bits per heavy atom. The molecule has 4 heteroatoms. The molecule has 0 aromatic rings. The molecule has 0 amide bonds. The highest BCUT2D eigenvalue weighted by Gasteiger charge is 2.59. The van der Waals surface area contributed by atoms with Crippen molar-refractivity contribution in [2.24, 2.45) is 40.4 Å². The minimum absolute atomic E-state index is 0.268. The number of hydrogen-bond acceptors (Lipinski definition) is 2. The average Bonchev–Trinajstić information content (AvgIpc) is 3.02. The standard InChI is InChI=1S/C25H41FO3/c1-24-13-11-22-20(21(24)9-7-17(24)4-3-5-23(27)28)8-6-18-16-19(29-15-14-26)10-12-25(18,22)2/h17-22H,3-16H2,1-2H3,(H,27,28). The van der Waals surface area contributed by atoms with Crippen LogP contribution >= 0.6 is 0 Å². The number of aliphatic carboxylic acids is 1. The quantitative estimate of drug-likeness (QED) is 0.541. The minimum Gasteiger partial charge on any atom is -0.481 e. The fourth-order valence-corrected chi connectivity index (χ4v) is 8.66. The summed E-state index contributed by atoms with van der Waals surface area (Å²) in [7, 11) is 0. The van der Waals surface area contributed by atoms with Crippen LogP contribution in [0.25, 0.3) is 0 Å².